The second-order valence-electron chi connectivity index (χ2n) is 4.48. The summed E-state index contributed by atoms with van der Waals surface area (Å²) in [6.07, 6.45) is 0.204. The summed E-state index contributed by atoms with van der Waals surface area (Å²) in [4.78, 5) is 1.32. The molecule has 0 bridgehead atoms. The Morgan fingerprint density at radius 1 is 1.06 bits per heavy atom. The molecule has 0 N–H and O–H groups in total. The third-order valence-electron chi connectivity index (χ3n) is 2.70. The normalized spacial score (nSPS) is 12.9. The van der Waals surface area contributed by atoms with Crippen molar-refractivity contribution in [2.75, 3.05) is 0 Å². The quantitative estimate of drug-likeness (QED) is 0.745. The first kappa shape index (κ1) is 12.3. The topological polar surface area (TPSA) is 9.23 Å². The van der Waals surface area contributed by atoms with Gasteiger partial charge >= 0.3 is 0 Å². The van der Waals surface area contributed by atoms with Crippen molar-refractivity contribution in [1.82, 2.24) is 0 Å². The predicted molar refractivity (Wildman–Crippen MR) is 73.1 cm³/mol. The summed E-state index contributed by atoms with van der Waals surface area (Å²) in [5, 5.41) is 2.11. The zero-order chi connectivity index (χ0) is 12.1. The molecule has 0 amide bonds. The summed E-state index contributed by atoms with van der Waals surface area (Å²) >= 11 is 1.77. The van der Waals surface area contributed by atoms with Crippen molar-refractivity contribution in [2.45, 2.75) is 26.6 Å². The van der Waals surface area contributed by atoms with Crippen LogP contribution in [0, 0.1) is 5.92 Å². The zero-order valence-electron chi connectivity index (χ0n) is 10.3. The van der Waals surface area contributed by atoms with Gasteiger partial charge in [-0.2, -0.15) is 0 Å². The molecule has 0 aliphatic carbocycles. The van der Waals surface area contributed by atoms with E-state index in [1.807, 2.05) is 18.2 Å². The zero-order valence-corrected chi connectivity index (χ0v) is 11.1. The Morgan fingerprint density at radius 2 is 1.82 bits per heavy atom. The van der Waals surface area contributed by atoms with Crippen LogP contribution in [0.1, 0.15) is 30.4 Å². The summed E-state index contributed by atoms with van der Waals surface area (Å²) < 4.78 is 6.04. The molecular weight excluding hydrogens is 228 g/mol. The van der Waals surface area contributed by atoms with E-state index in [1.54, 1.807) is 11.3 Å². The first-order valence-corrected chi connectivity index (χ1v) is 6.84. The number of rotatable bonds is 5. The molecule has 0 saturated heterocycles. The van der Waals surface area contributed by atoms with E-state index in [2.05, 4.69) is 43.5 Å². The average molecular weight is 246 g/mol. The lowest BCUT2D eigenvalue weighted by molar-refractivity contribution is 0.0114. The van der Waals surface area contributed by atoms with Gasteiger partial charge in [-0.3, -0.25) is 0 Å². The first-order chi connectivity index (χ1) is 8.27. The molecule has 0 radical (unpaired) electrons. The van der Waals surface area contributed by atoms with Crippen LogP contribution in [0.3, 0.4) is 0 Å². The minimum atomic E-state index is 0.204. The molecule has 90 valence electrons. The summed E-state index contributed by atoms with van der Waals surface area (Å²) in [5.74, 6) is 0.498. The fourth-order valence-electron chi connectivity index (χ4n) is 1.82. The van der Waals surface area contributed by atoms with Crippen molar-refractivity contribution in [3.8, 4) is 0 Å². The fourth-order valence-corrected chi connectivity index (χ4v) is 2.76. The maximum atomic E-state index is 6.04. The molecule has 1 aromatic heterocycles. The molecule has 1 unspecified atom stereocenters. The highest BCUT2D eigenvalue weighted by Crippen LogP contribution is 2.30. The van der Waals surface area contributed by atoms with Gasteiger partial charge in [-0.05, 0) is 22.9 Å². The van der Waals surface area contributed by atoms with E-state index in [1.165, 1.54) is 10.4 Å². The van der Waals surface area contributed by atoms with Gasteiger partial charge in [-0.1, -0.05) is 50.2 Å². The molecule has 2 aromatic rings. The number of hydrogen-bond donors (Lipinski definition) is 0. The summed E-state index contributed by atoms with van der Waals surface area (Å²) in [6, 6.07) is 14.6. The molecule has 0 fully saturated rings. The van der Waals surface area contributed by atoms with Crippen LogP contribution in [0.15, 0.2) is 47.8 Å². The summed E-state index contributed by atoms with van der Waals surface area (Å²) in [7, 11) is 0. The van der Waals surface area contributed by atoms with Crippen molar-refractivity contribution in [2.24, 2.45) is 5.92 Å². The molecular formula is C15H18OS. The molecule has 0 aliphatic rings. The molecule has 0 aliphatic heterocycles. The van der Waals surface area contributed by atoms with Crippen LogP contribution in [0.4, 0.5) is 0 Å². The van der Waals surface area contributed by atoms with Crippen LogP contribution in [0.2, 0.25) is 0 Å². The maximum Gasteiger partial charge on any atom is 0.0944 e. The van der Waals surface area contributed by atoms with Crippen LogP contribution >= 0.6 is 11.3 Å². The Balaban J connectivity index is 2.00. The first-order valence-electron chi connectivity index (χ1n) is 5.96. The van der Waals surface area contributed by atoms with Crippen molar-refractivity contribution in [1.29, 1.82) is 0 Å². The number of hydrogen-bond acceptors (Lipinski definition) is 2. The standard InChI is InChI=1S/C15H18OS/c1-12(2)15(14-9-6-10-17-14)16-11-13-7-4-3-5-8-13/h3-10,12,15H,11H2,1-2H3. The second-order valence-corrected chi connectivity index (χ2v) is 5.46. The van der Waals surface area contributed by atoms with Crippen LogP contribution in [-0.2, 0) is 11.3 Å². The van der Waals surface area contributed by atoms with Crippen molar-refractivity contribution in [3.63, 3.8) is 0 Å². The highest BCUT2D eigenvalue weighted by atomic mass is 32.1. The van der Waals surface area contributed by atoms with Crippen LogP contribution in [0.25, 0.3) is 0 Å². The Hall–Kier alpha value is -1.12. The highest BCUT2D eigenvalue weighted by molar-refractivity contribution is 7.10. The molecule has 1 heterocycles. The van der Waals surface area contributed by atoms with E-state index in [9.17, 15) is 0 Å². The lowest BCUT2D eigenvalue weighted by Crippen LogP contribution is -2.09. The van der Waals surface area contributed by atoms with Gasteiger partial charge in [0.2, 0.25) is 0 Å². The fraction of sp³-hybridized carbons (Fsp3) is 0.333. The molecule has 17 heavy (non-hydrogen) atoms. The van der Waals surface area contributed by atoms with E-state index in [4.69, 9.17) is 4.74 Å². The minimum absolute atomic E-state index is 0.204. The molecule has 0 spiro atoms. The van der Waals surface area contributed by atoms with Gasteiger partial charge in [0.1, 0.15) is 0 Å². The van der Waals surface area contributed by atoms with E-state index >= 15 is 0 Å². The Labute approximate surface area is 107 Å². The lowest BCUT2D eigenvalue weighted by atomic mass is 10.1. The van der Waals surface area contributed by atoms with Gasteiger partial charge in [-0.25, -0.2) is 0 Å². The van der Waals surface area contributed by atoms with Crippen LogP contribution < -0.4 is 0 Å². The van der Waals surface area contributed by atoms with E-state index in [0.717, 1.165) is 0 Å². The van der Waals surface area contributed by atoms with Gasteiger partial charge in [0.25, 0.3) is 0 Å². The predicted octanol–water partition coefficient (Wildman–Crippen LogP) is 4.66. The summed E-state index contributed by atoms with van der Waals surface area (Å²) in [5.41, 5.74) is 1.23. The molecule has 0 saturated carbocycles. The van der Waals surface area contributed by atoms with Crippen molar-refractivity contribution >= 4 is 11.3 Å². The van der Waals surface area contributed by atoms with Gasteiger partial charge in [0, 0.05) is 4.88 Å². The number of ether oxygens (including phenoxy) is 1. The Kier molecular flexibility index (Phi) is 4.35. The Morgan fingerprint density at radius 3 is 2.41 bits per heavy atom. The minimum Gasteiger partial charge on any atom is -0.368 e. The second kappa shape index (κ2) is 5.99. The molecule has 1 nitrogen and oxygen atoms in total. The Bertz CT molecular complexity index is 419. The highest BCUT2D eigenvalue weighted by Gasteiger charge is 2.17. The smallest absolute Gasteiger partial charge is 0.0944 e. The molecule has 1 aromatic carbocycles. The van der Waals surface area contributed by atoms with E-state index in [-0.39, 0.29) is 6.10 Å². The van der Waals surface area contributed by atoms with E-state index < -0.39 is 0 Å². The van der Waals surface area contributed by atoms with Gasteiger partial charge in [0.15, 0.2) is 0 Å². The van der Waals surface area contributed by atoms with Gasteiger partial charge in [0.05, 0.1) is 12.7 Å². The average Bonchev–Trinajstić information content (AvgIpc) is 2.84. The molecule has 2 rings (SSSR count). The monoisotopic (exact) mass is 246 g/mol. The third-order valence-corrected chi connectivity index (χ3v) is 3.64. The largest absolute Gasteiger partial charge is 0.368 e. The number of benzene rings is 1. The van der Waals surface area contributed by atoms with Crippen LogP contribution in [0.5, 0.6) is 0 Å². The van der Waals surface area contributed by atoms with Crippen molar-refractivity contribution < 1.29 is 4.74 Å². The lowest BCUT2D eigenvalue weighted by Gasteiger charge is -2.20. The summed E-state index contributed by atoms with van der Waals surface area (Å²) in [6.45, 7) is 5.09. The third kappa shape index (κ3) is 3.42. The number of thiophene rings is 1. The molecule has 2 heteroatoms. The maximum absolute atomic E-state index is 6.04. The molecule has 1 atom stereocenters. The van der Waals surface area contributed by atoms with E-state index in [0.29, 0.717) is 12.5 Å². The van der Waals surface area contributed by atoms with Crippen molar-refractivity contribution in [3.05, 3.63) is 58.3 Å². The van der Waals surface area contributed by atoms with Gasteiger partial charge in [-0.15, -0.1) is 11.3 Å². The SMILES string of the molecule is CC(C)C(OCc1ccccc1)c1cccs1. The van der Waals surface area contributed by atoms with Gasteiger partial charge < -0.3 is 4.74 Å². The van der Waals surface area contributed by atoms with Crippen LogP contribution in [-0.4, -0.2) is 0 Å².